The van der Waals surface area contributed by atoms with Crippen LogP contribution < -0.4 is 9.64 Å². The van der Waals surface area contributed by atoms with Gasteiger partial charge in [-0.2, -0.15) is 17.5 Å². The highest BCUT2D eigenvalue weighted by molar-refractivity contribution is 7.89. The summed E-state index contributed by atoms with van der Waals surface area (Å²) in [6, 6.07) is 7.10. The third kappa shape index (κ3) is 3.75. The van der Waals surface area contributed by atoms with Gasteiger partial charge in [-0.1, -0.05) is 26.7 Å². The first-order chi connectivity index (χ1) is 15.8. The van der Waals surface area contributed by atoms with Gasteiger partial charge in [-0.25, -0.2) is 12.8 Å². The number of alkyl halides is 3. The summed E-state index contributed by atoms with van der Waals surface area (Å²) in [5.74, 6) is -1.06. The molecular formula is C24H28F4N2O3S. The standard InChI is InChI=1S/C24H28F4N2O3S/c1-5-22(6-2)13-23(14-22)15-30(17-9-7-16(25)8-10-17)19-11-18(24(26,27)28)20(33-4)12-21(19)34(31,32)29(23)3/h7-12H,5-6,13-15H2,1-4H3. The molecule has 34 heavy (non-hydrogen) atoms. The van der Waals surface area contributed by atoms with Gasteiger partial charge in [0, 0.05) is 25.3 Å². The van der Waals surface area contributed by atoms with Crippen molar-refractivity contribution in [3.05, 3.63) is 47.8 Å². The zero-order chi connectivity index (χ0) is 25.1. The first-order valence-electron chi connectivity index (χ1n) is 11.1. The molecule has 5 nitrogen and oxygen atoms in total. The molecule has 0 aromatic heterocycles. The molecule has 10 heteroatoms. The Morgan fingerprint density at radius 1 is 1.06 bits per heavy atom. The van der Waals surface area contributed by atoms with Crippen LogP contribution in [-0.4, -0.2) is 39.0 Å². The van der Waals surface area contributed by atoms with Crippen LogP contribution in [0.2, 0.25) is 0 Å². The third-order valence-corrected chi connectivity index (χ3v) is 9.67. The lowest BCUT2D eigenvalue weighted by Gasteiger charge is -2.59. The molecular weight excluding hydrogens is 472 g/mol. The molecule has 0 saturated heterocycles. The van der Waals surface area contributed by atoms with Crippen LogP contribution in [0.1, 0.15) is 45.1 Å². The molecule has 0 radical (unpaired) electrons. The van der Waals surface area contributed by atoms with E-state index in [9.17, 15) is 26.0 Å². The molecule has 1 aliphatic carbocycles. The number of fused-ring (bicyclic) bond motifs is 1. The van der Waals surface area contributed by atoms with Crippen LogP contribution in [0.5, 0.6) is 5.75 Å². The van der Waals surface area contributed by atoms with Crippen molar-refractivity contribution in [2.75, 3.05) is 25.6 Å². The number of ether oxygens (including phenoxy) is 1. The SMILES string of the molecule is CCC1(CC)CC2(CN(c3ccc(F)cc3)c3cc(C(F)(F)F)c(OC)cc3S(=O)(=O)N2C)C1. The van der Waals surface area contributed by atoms with Gasteiger partial charge in [-0.15, -0.1) is 0 Å². The zero-order valence-corrected chi connectivity index (χ0v) is 20.4. The Balaban J connectivity index is 1.99. The van der Waals surface area contributed by atoms with Crippen molar-refractivity contribution in [2.45, 2.75) is 56.1 Å². The minimum atomic E-state index is -4.76. The Morgan fingerprint density at radius 2 is 1.65 bits per heavy atom. The number of halogens is 4. The van der Waals surface area contributed by atoms with E-state index in [1.807, 2.05) is 0 Å². The maximum absolute atomic E-state index is 13.9. The largest absolute Gasteiger partial charge is 0.496 e. The van der Waals surface area contributed by atoms with Gasteiger partial charge in [0.2, 0.25) is 10.0 Å². The van der Waals surface area contributed by atoms with Gasteiger partial charge < -0.3 is 9.64 Å². The Hall–Kier alpha value is -2.33. The van der Waals surface area contributed by atoms with Crippen LogP contribution in [-0.2, 0) is 16.2 Å². The number of nitrogens with zero attached hydrogens (tertiary/aromatic N) is 2. The van der Waals surface area contributed by atoms with Crippen molar-refractivity contribution < 1.29 is 30.7 Å². The Morgan fingerprint density at radius 3 is 2.15 bits per heavy atom. The molecule has 1 spiro atoms. The zero-order valence-electron chi connectivity index (χ0n) is 19.5. The lowest BCUT2D eigenvalue weighted by atomic mass is 9.54. The summed E-state index contributed by atoms with van der Waals surface area (Å²) in [6.07, 6.45) is -1.86. The summed E-state index contributed by atoms with van der Waals surface area (Å²) in [5.41, 5.74) is -1.61. The van der Waals surface area contributed by atoms with E-state index < -0.39 is 38.9 Å². The number of likely N-dealkylation sites (N-methyl/N-ethyl adjacent to an activating group) is 1. The Kier molecular flexibility index (Phi) is 5.92. The monoisotopic (exact) mass is 500 g/mol. The van der Waals surface area contributed by atoms with Crippen LogP contribution in [0.15, 0.2) is 41.3 Å². The number of benzene rings is 2. The maximum atomic E-state index is 13.9. The van der Waals surface area contributed by atoms with Crippen LogP contribution in [0.4, 0.5) is 28.9 Å². The van der Waals surface area contributed by atoms with E-state index in [0.29, 0.717) is 18.5 Å². The van der Waals surface area contributed by atoms with E-state index in [1.165, 1.54) is 35.6 Å². The molecule has 0 amide bonds. The van der Waals surface area contributed by atoms with Crippen LogP contribution >= 0.6 is 0 Å². The minimum absolute atomic E-state index is 0.0381. The molecule has 1 aliphatic heterocycles. The van der Waals surface area contributed by atoms with Crippen molar-refractivity contribution in [3.63, 3.8) is 0 Å². The fourth-order valence-electron chi connectivity index (χ4n) is 5.52. The van der Waals surface area contributed by atoms with Crippen molar-refractivity contribution in [3.8, 4) is 5.75 Å². The smallest absolute Gasteiger partial charge is 0.420 e. The third-order valence-electron chi connectivity index (χ3n) is 7.68. The number of hydrogen-bond donors (Lipinski definition) is 0. The van der Waals surface area contributed by atoms with Gasteiger partial charge in [-0.3, -0.25) is 0 Å². The lowest BCUT2D eigenvalue weighted by Crippen LogP contribution is -2.65. The molecule has 2 aliphatic rings. The predicted octanol–water partition coefficient (Wildman–Crippen LogP) is 5.96. The number of rotatable bonds is 4. The average Bonchev–Trinajstić information content (AvgIpc) is 2.84. The molecule has 186 valence electrons. The van der Waals surface area contributed by atoms with Crippen LogP contribution in [0, 0.1) is 11.2 Å². The van der Waals surface area contributed by atoms with Gasteiger partial charge in [0.15, 0.2) is 0 Å². The number of hydrogen-bond acceptors (Lipinski definition) is 4. The summed E-state index contributed by atoms with van der Waals surface area (Å²) >= 11 is 0. The van der Waals surface area contributed by atoms with Crippen molar-refractivity contribution in [1.29, 1.82) is 0 Å². The Labute approximate surface area is 197 Å². The first-order valence-corrected chi connectivity index (χ1v) is 12.6. The predicted molar refractivity (Wildman–Crippen MR) is 121 cm³/mol. The molecule has 0 bridgehead atoms. The van der Waals surface area contributed by atoms with Crippen LogP contribution in [0.25, 0.3) is 0 Å². The van der Waals surface area contributed by atoms with E-state index in [0.717, 1.165) is 32.1 Å². The molecule has 1 fully saturated rings. The summed E-state index contributed by atoms with van der Waals surface area (Å²) in [4.78, 5) is 1.30. The first kappa shape index (κ1) is 24.8. The van der Waals surface area contributed by atoms with Crippen LogP contribution in [0.3, 0.4) is 0 Å². The van der Waals surface area contributed by atoms with E-state index in [4.69, 9.17) is 4.74 Å². The number of anilines is 2. The molecule has 1 heterocycles. The molecule has 0 N–H and O–H groups in total. The molecule has 2 aromatic rings. The van der Waals surface area contributed by atoms with Crippen molar-refractivity contribution in [1.82, 2.24) is 4.31 Å². The van der Waals surface area contributed by atoms with Gasteiger partial charge in [0.25, 0.3) is 0 Å². The fraction of sp³-hybridized carbons (Fsp3) is 0.500. The second-order valence-corrected chi connectivity index (χ2v) is 11.3. The fourth-order valence-corrected chi connectivity index (χ4v) is 7.20. The van der Waals surface area contributed by atoms with E-state index in [1.54, 1.807) is 4.90 Å². The van der Waals surface area contributed by atoms with Gasteiger partial charge in [-0.05, 0) is 48.6 Å². The van der Waals surface area contributed by atoms with E-state index >= 15 is 0 Å². The number of methoxy groups -OCH3 is 1. The normalized spacial score (nSPS) is 21.0. The summed E-state index contributed by atoms with van der Waals surface area (Å²) in [5, 5.41) is 0. The van der Waals surface area contributed by atoms with E-state index in [-0.39, 0.29) is 22.5 Å². The lowest BCUT2D eigenvalue weighted by molar-refractivity contribution is -0.138. The molecule has 1 saturated carbocycles. The second-order valence-electron chi connectivity index (χ2n) is 9.34. The molecule has 0 unspecified atom stereocenters. The summed E-state index contributed by atoms with van der Waals surface area (Å²) in [6.45, 7) is 4.27. The quantitative estimate of drug-likeness (QED) is 0.486. The highest BCUT2D eigenvalue weighted by Gasteiger charge is 2.60. The topological polar surface area (TPSA) is 49.9 Å². The van der Waals surface area contributed by atoms with Gasteiger partial charge in [0.1, 0.15) is 16.5 Å². The number of sulfonamides is 1. The molecule has 2 aromatic carbocycles. The average molecular weight is 501 g/mol. The van der Waals surface area contributed by atoms with Gasteiger partial charge in [0.05, 0.1) is 23.9 Å². The van der Waals surface area contributed by atoms with Crippen molar-refractivity contribution >= 4 is 21.4 Å². The summed E-state index contributed by atoms with van der Waals surface area (Å²) in [7, 11) is -1.60. The van der Waals surface area contributed by atoms with Crippen molar-refractivity contribution in [2.24, 2.45) is 5.41 Å². The highest BCUT2D eigenvalue weighted by Crippen LogP contribution is 2.59. The summed E-state index contributed by atoms with van der Waals surface area (Å²) < 4.78 is 89.1. The Bertz CT molecular complexity index is 1180. The highest BCUT2D eigenvalue weighted by atomic mass is 32.2. The van der Waals surface area contributed by atoms with E-state index in [2.05, 4.69) is 13.8 Å². The maximum Gasteiger partial charge on any atom is 0.420 e. The molecule has 0 atom stereocenters. The second kappa shape index (κ2) is 8.12. The van der Waals surface area contributed by atoms with Gasteiger partial charge >= 0.3 is 6.18 Å². The minimum Gasteiger partial charge on any atom is -0.496 e. The molecule has 4 rings (SSSR count).